The van der Waals surface area contributed by atoms with Gasteiger partial charge in [-0.15, -0.1) is 0 Å². The van der Waals surface area contributed by atoms with Gasteiger partial charge in [-0.2, -0.15) is 0 Å². The molecule has 1 aliphatic rings. The molecule has 5 heteroatoms. The predicted octanol–water partition coefficient (Wildman–Crippen LogP) is 4.87. The lowest BCUT2D eigenvalue weighted by molar-refractivity contribution is -0.384. The lowest BCUT2D eigenvalue weighted by atomic mass is 9.70. The molecule has 0 spiro atoms. The lowest BCUT2D eigenvalue weighted by Crippen LogP contribution is -2.35. The van der Waals surface area contributed by atoms with E-state index in [4.69, 9.17) is 11.6 Å². The van der Waals surface area contributed by atoms with Crippen molar-refractivity contribution in [3.8, 4) is 0 Å². The van der Waals surface area contributed by atoms with Crippen LogP contribution in [0.3, 0.4) is 0 Å². The summed E-state index contributed by atoms with van der Waals surface area (Å²) in [5.41, 5.74) is 0.880. The van der Waals surface area contributed by atoms with Crippen molar-refractivity contribution in [2.45, 2.75) is 46.1 Å². The van der Waals surface area contributed by atoms with Crippen LogP contribution in [0.25, 0.3) is 0 Å². The summed E-state index contributed by atoms with van der Waals surface area (Å²) in [7, 11) is 0. The summed E-state index contributed by atoms with van der Waals surface area (Å²) in [6.07, 6.45) is 3.25. The van der Waals surface area contributed by atoms with E-state index in [0.29, 0.717) is 16.6 Å². The van der Waals surface area contributed by atoms with Gasteiger partial charge >= 0.3 is 0 Å². The highest BCUT2D eigenvalue weighted by atomic mass is 35.5. The SMILES string of the molecule is CC1CC(Nc2cc(Cl)ccc2[N+](=O)[O-])CC(C)(C)C1. The molecule has 110 valence electrons. The van der Waals surface area contributed by atoms with Crippen LogP contribution in [0.5, 0.6) is 0 Å². The van der Waals surface area contributed by atoms with Crippen molar-refractivity contribution < 1.29 is 4.92 Å². The first-order valence-corrected chi connectivity index (χ1v) is 7.35. The quantitative estimate of drug-likeness (QED) is 0.639. The van der Waals surface area contributed by atoms with Gasteiger partial charge in [0.05, 0.1) is 4.92 Å². The van der Waals surface area contributed by atoms with Crippen molar-refractivity contribution >= 4 is 23.0 Å². The molecule has 1 aliphatic carbocycles. The Hall–Kier alpha value is -1.29. The Morgan fingerprint density at radius 3 is 2.70 bits per heavy atom. The summed E-state index contributed by atoms with van der Waals surface area (Å²) in [4.78, 5) is 10.7. The molecule has 4 nitrogen and oxygen atoms in total. The fourth-order valence-electron chi connectivity index (χ4n) is 3.46. The lowest BCUT2D eigenvalue weighted by Gasteiger charge is -2.39. The molecule has 0 bridgehead atoms. The van der Waals surface area contributed by atoms with Crippen LogP contribution in [-0.4, -0.2) is 11.0 Å². The number of rotatable bonds is 3. The predicted molar refractivity (Wildman–Crippen MR) is 82.3 cm³/mol. The molecule has 0 radical (unpaired) electrons. The van der Waals surface area contributed by atoms with Crippen molar-refractivity contribution in [3.05, 3.63) is 33.3 Å². The number of anilines is 1. The number of nitro benzene ring substituents is 1. The van der Waals surface area contributed by atoms with Crippen molar-refractivity contribution in [2.24, 2.45) is 11.3 Å². The zero-order valence-electron chi connectivity index (χ0n) is 12.1. The normalized spacial score (nSPS) is 25.2. The third-order valence-electron chi connectivity index (χ3n) is 3.90. The second-order valence-corrected chi connectivity index (χ2v) is 7.11. The second kappa shape index (κ2) is 5.60. The molecule has 1 N–H and O–H groups in total. The Bertz CT molecular complexity index is 517. The molecule has 2 unspecified atom stereocenters. The van der Waals surface area contributed by atoms with Crippen LogP contribution in [0.2, 0.25) is 5.02 Å². The molecular weight excluding hydrogens is 276 g/mol. The van der Waals surface area contributed by atoms with Crippen molar-refractivity contribution in [2.75, 3.05) is 5.32 Å². The number of benzene rings is 1. The van der Waals surface area contributed by atoms with E-state index in [-0.39, 0.29) is 22.1 Å². The van der Waals surface area contributed by atoms with E-state index in [2.05, 4.69) is 26.1 Å². The van der Waals surface area contributed by atoms with Gasteiger partial charge in [0.1, 0.15) is 5.69 Å². The average molecular weight is 297 g/mol. The minimum absolute atomic E-state index is 0.0884. The average Bonchev–Trinajstić information content (AvgIpc) is 2.25. The topological polar surface area (TPSA) is 55.2 Å². The van der Waals surface area contributed by atoms with Gasteiger partial charge in [-0.3, -0.25) is 10.1 Å². The highest BCUT2D eigenvalue weighted by molar-refractivity contribution is 6.31. The molecule has 20 heavy (non-hydrogen) atoms. The summed E-state index contributed by atoms with van der Waals surface area (Å²) >= 11 is 5.96. The molecule has 1 saturated carbocycles. The molecule has 0 aromatic heterocycles. The van der Waals surface area contributed by atoms with E-state index in [9.17, 15) is 10.1 Å². The molecule has 0 amide bonds. The minimum atomic E-state index is -0.365. The van der Waals surface area contributed by atoms with Crippen LogP contribution >= 0.6 is 11.6 Å². The number of nitro groups is 1. The van der Waals surface area contributed by atoms with E-state index in [1.807, 2.05) is 0 Å². The van der Waals surface area contributed by atoms with E-state index in [1.165, 1.54) is 12.5 Å². The Morgan fingerprint density at radius 2 is 2.10 bits per heavy atom. The Labute approximate surface area is 124 Å². The van der Waals surface area contributed by atoms with Gasteiger partial charge in [0.15, 0.2) is 0 Å². The van der Waals surface area contributed by atoms with Gasteiger partial charge in [-0.05, 0) is 42.7 Å². The third-order valence-corrected chi connectivity index (χ3v) is 4.14. The van der Waals surface area contributed by atoms with Gasteiger partial charge in [0.25, 0.3) is 5.69 Å². The van der Waals surface area contributed by atoms with Gasteiger partial charge in [-0.25, -0.2) is 0 Å². The first-order valence-electron chi connectivity index (χ1n) is 6.97. The van der Waals surface area contributed by atoms with E-state index >= 15 is 0 Å². The maximum Gasteiger partial charge on any atom is 0.292 e. The fraction of sp³-hybridized carbons (Fsp3) is 0.600. The molecule has 1 aromatic carbocycles. The van der Waals surface area contributed by atoms with Gasteiger partial charge in [0, 0.05) is 17.1 Å². The smallest absolute Gasteiger partial charge is 0.292 e. The minimum Gasteiger partial charge on any atom is -0.377 e. The molecular formula is C15H21ClN2O2. The largest absolute Gasteiger partial charge is 0.377 e. The van der Waals surface area contributed by atoms with Crippen molar-refractivity contribution in [1.82, 2.24) is 0 Å². The Balaban J connectivity index is 2.21. The van der Waals surface area contributed by atoms with Crippen LogP contribution in [-0.2, 0) is 0 Å². The Kier molecular flexibility index (Phi) is 4.23. The van der Waals surface area contributed by atoms with Crippen LogP contribution in [0.4, 0.5) is 11.4 Å². The number of hydrogen-bond acceptors (Lipinski definition) is 3. The third kappa shape index (κ3) is 3.63. The van der Waals surface area contributed by atoms with Gasteiger partial charge in [-0.1, -0.05) is 32.4 Å². The number of nitrogens with zero attached hydrogens (tertiary/aromatic N) is 1. The van der Waals surface area contributed by atoms with E-state index in [1.54, 1.807) is 12.1 Å². The van der Waals surface area contributed by atoms with Crippen LogP contribution in [0.1, 0.15) is 40.0 Å². The molecule has 1 aromatic rings. The van der Waals surface area contributed by atoms with Gasteiger partial charge in [0.2, 0.25) is 0 Å². The van der Waals surface area contributed by atoms with E-state index in [0.717, 1.165) is 12.8 Å². The molecule has 0 saturated heterocycles. The molecule has 1 fully saturated rings. The Morgan fingerprint density at radius 1 is 1.40 bits per heavy atom. The fourth-order valence-corrected chi connectivity index (χ4v) is 3.63. The molecule has 0 aliphatic heterocycles. The zero-order valence-corrected chi connectivity index (χ0v) is 12.9. The van der Waals surface area contributed by atoms with Crippen molar-refractivity contribution in [1.29, 1.82) is 0 Å². The first kappa shape index (κ1) is 15.1. The monoisotopic (exact) mass is 296 g/mol. The van der Waals surface area contributed by atoms with Crippen LogP contribution in [0.15, 0.2) is 18.2 Å². The standard InChI is InChI=1S/C15H21ClN2O2/c1-10-6-12(9-15(2,3)8-10)17-13-7-11(16)4-5-14(13)18(19)20/h4-5,7,10,12,17H,6,8-9H2,1-3H3. The van der Waals surface area contributed by atoms with E-state index < -0.39 is 0 Å². The summed E-state index contributed by atoms with van der Waals surface area (Å²) in [6.45, 7) is 6.75. The first-order chi connectivity index (χ1) is 9.27. The number of nitrogens with one attached hydrogen (secondary N) is 1. The van der Waals surface area contributed by atoms with Gasteiger partial charge < -0.3 is 5.32 Å². The summed E-state index contributed by atoms with van der Waals surface area (Å²) in [5, 5.41) is 14.9. The maximum atomic E-state index is 11.1. The summed E-state index contributed by atoms with van der Waals surface area (Å²) < 4.78 is 0. The van der Waals surface area contributed by atoms with Crippen molar-refractivity contribution in [3.63, 3.8) is 0 Å². The van der Waals surface area contributed by atoms with Crippen LogP contribution < -0.4 is 5.32 Å². The maximum absolute atomic E-state index is 11.1. The zero-order chi connectivity index (χ0) is 14.9. The second-order valence-electron chi connectivity index (χ2n) is 6.67. The highest BCUT2D eigenvalue weighted by Gasteiger charge is 2.32. The number of halogens is 1. The summed E-state index contributed by atoms with van der Waals surface area (Å²) in [6, 6.07) is 4.91. The molecule has 2 atom stereocenters. The molecule has 2 rings (SSSR count). The van der Waals surface area contributed by atoms with Crippen LogP contribution in [0, 0.1) is 21.4 Å². The highest BCUT2D eigenvalue weighted by Crippen LogP contribution is 2.40. The molecule has 0 heterocycles. The number of hydrogen-bond donors (Lipinski definition) is 1. The summed E-state index contributed by atoms with van der Waals surface area (Å²) in [5.74, 6) is 0.620.